The van der Waals surface area contributed by atoms with Crippen LogP contribution in [0.3, 0.4) is 0 Å². The van der Waals surface area contributed by atoms with E-state index in [1.807, 2.05) is 30.3 Å². The van der Waals surface area contributed by atoms with E-state index in [1.54, 1.807) is 23.4 Å². The Labute approximate surface area is 176 Å². The number of rotatable bonds is 8. The number of amides is 2. The number of hydrogen-bond donors (Lipinski definition) is 1. The molecule has 0 unspecified atom stereocenters. The van der Waals surface area contributed by atoms with Crippen molar-refractivity contribution in [1.29, 1.82) is 5.26 Å². The van der Waals surface area contributed by atoms with Crippen LogP contribution in [0.5, 0.6) is 0 Å². The lowest BCUT2D eigenvalue weighted by Crippen LogP contribution is -2.45. The lowest BCUT2D eigenvalue weighted by Gasteiger charge is -2.32. The first kappa shape index (κ1) is 21.2. The Morgan fingerprint density at radius 2 is 1.80 bits per heavy atom. The molecule has 0 aliphatic carbocycles. The van der Waals surface area contributed by atoms with Gasteiger partial charge in [-0.15, -0.1) is 0 Å². The number of benzene rings is 1. The van der Waals surface area contributed by atoms with Gasteiger partial charge in [0.1, 0.15) is 0 Å². The first-order valence-corrected chi connectivity index (χ1v) is 10.2. The quantitative estimate of drug-likeness (QED) is 0.722. The fourth-order valence-electron chi connectivity index (χ4n) is 3.50. The van der Waals surface area contributed by atoms with Gasteiger partial charge in [0, 0.05) is 56.6 Å². The second-order valence-corrected chi connectivity index (χ2v) is 7.17. The molecular formula is C22H26N6O2. The highest BCUT2D eigenvalue weighted by atomic mass is 16.2. The molecule has 1 aromatic heterocycles. The zero-order chi connectivity index (χ0) is 21.2. The van der Waals surface area contributed by atoms with Crippen molar-refractivity contribution in [3.05, 3.63) is 48.8 Å². The van der Waals surface area contributed by atoms with Gasteiger partial charge in [-0.2, -0.15) is 5.26 Å². The highest BCUT2D eigenvalue weighted by Gasteiger charge is 2.23. The standard InChI is InChI=1S/C22H26N6O2/c23-12-4-15-28(19-6-2-1-3-7-19)21(30)9-8-20(29)26-18-10-16-27(17-11-18)22-24-13-5-14-25-22/h1-3,5-7,13-14,18H,4,8-11,15-17H2,(H,26,29). The average Bonchev–Trinajstić information content (AvgIpc) is 2.80. The molecule has 0 spiro atoms. The molecular weight excluding hydrogens is 380 g/mol. The molecule has 1 aliphatic heterocycles. The van der Waals surface area contributed by atoms with E-state index in [0.717, 1.165) is 31.6 Å². The lowest BCUT2D eigenvalue weighted by atomic mass is 10.0. The van der Waals surface area contributed by atoms with Crippen molar-refractivity contribution in [1.82, 2.24) is 15.3 Å². The second kappa shape index (κ2) is 10.9. The number of piperidine rings is 1. The van der Waals surface area contributed by atoms with Crippen LogP contribution in [0.2, 0.25) is 0 Å². The van der Waals surface area contributed by atoms with Gasteiger partial charge in [0.15, 0.2) is 0 Å². The normalized spacial score (nSPS) is 14.0. The zero-order valence-electron chi connectivity index (χ0n) is 16.9. The fourth-order valence-corrected chi connectivity index (χ4v) is 3.50. The maximum absolute atomic E-state index is 12.7. The molecule has 0 atom stereocenters. The molecule has 2 aromatic rings. The number of nitrogens with zero attached hydrogens (tertiary/aromatic N) is 5. The van der Waals surface area contributed by atoms with Gasteiger partial charge in [0.25, 0.3) is 0 Å². The predicted octanol–water partition coefficient (Wildman–Crippen LogP) is 2.29. The van der Waals surface area contributed by atoms with E-state index in [2.05, 4.69) is 26.3 Å². The number of nitriles is 1. The summed E-state index contributed by atoms with van der Waals surface area (Å²) >= 11 is 0. The number of aromatic nitrogens is 2. The minimum Gasteiger partial charge on any atom is -0.353 e. The minimum atomic E-state index is -0.150. The Morgan fingerprint density at radius 3 is 2.47 bits per heavy atom. The Morgan fingerprint density at radius 1 is 1.10 bits per heavy atom. The van der Waals surface area contributed by atoms with Gasteiger partial charge in [-0.1, -0.05) is 18.2 Å². The van der Waals surface area contributed by atoms with E-state index in [1.165, 1.54) is 0 Å². The number of hydrogen-bond acceptors (Lipinski definition) is 6. The van der Waals surface area contributed by atoms with E-state index in [0.29, 0.717) is 12.5 Å². The first-order chi connectivity index (χ1) is 14.7. The highest BCUT2D eigenvalue weighted by molar-refractivity contribution is 5.95. The molecule has 1 aromatic carbocycles. The third-order valence-corrected chi connectivity index (χ3v) is 5.08. The average molecular weight is 406 g/mol. The van der Waals surface area contributed by atoms with Crippen molar-refractivity contribution in [3.8, 4) is 6.07 Å². The summed E-state index contributed by atoms with van der Waals surface area (Å²) in [7, 11) is 0. The molecule has 156 valence electrons. The molecule has 2 amide bonds. The van der Waals surface area contributed by atoms with Gasteiger partial charge >= 0.3 is 0 Å². The molecule has 2 heterocycles. The molecule has 0 saturated carbocycles. The zero-order valence-corrected chi connectivity index (χ0v) is 16.9. The van der Waals surface area contributed by atoms with Crippen molar-refractivity contribution in [2.45, 2.75) is 38.1 Å². The number of para-hydroxylation sites is 1. The summed E-state index contributed by atoms with van der Waals surface area (Å²) < 4.78 is 0. The van der Waals surface area contributed by atoms with Gasteiger partial charge in [-0.05, 0) is 31.0 Å². The molecule has 1 N–H and O–H groups in total. The third kappa shape index (κ3) is 6.01. The van der Waals surface area contributed by atoms with Crippen LogP contribution in [-0.2, 0) is 9.59 Å². The van der Waals surface area contributed by atoms with E-state index in [4.69, 9.17) is 5.26 Å². The smallest absolute Gasteiger partial charge is 0.227 e. The summed E-state index contributed by atoms with van der Waals surface area (Å²) in [6.07, 6.45) is 5.58. The Bertz CT molecular complexity index is 860. The van der Waals surface area contributed by atoms with E-state index in [9.17, 15) is 9.59 Å². The highest BCUT2D eigenvalue weighted by Crippen LogP contribution is 2.17. The molecule has 1 fully saturated rings. The molecule has 1 aliphatic rings. The molecule has 1 saturated heterocycles. The maximum atomic E-state index is 12.7. The van der Waals surface area contributed by atoms with Gasteiger partial charge < -0.3 is 15.1 Å². The van der Waals surface area contributed by atoms with Crippen LogP contribution < -0.4 is 15.1 Å². The van der Waals surface area contributed by atoms with Crippen LogP contribution in [0.15, 0.2) is 48.8 Å². The van der Waals surface area contributed by atoms with E-state index < -0.39 is 0 Å². The second-order valence-electron chi connectivity index (χ2n) is 7.17. The molecule has 8 nitrogen and oxygen atoms in total. The lowest BCUT2D eigenvalue weighted by molar-refractivity contribution is -0.125. The minimum absolute atomic E-state index is 0.0939. The summed E-state index contributed by atoms with van der Waals surface area (Å²) in [6.45, 7) is 1.88. The maximum Gasteiger partial charge on any atom is 0.227 e. The van der Waals surface area contributed by atoms with Crippen LogP contribution in [0.25, 0.3) is 0 Å². The van der Waals surface area contributed by atoms with Crippen molar-refractivity contribution < 1.29 is 9.59 Å². The predicted molar refractivity (Wildman–Crippen MR) is 114 cm³/mol. The van der Waals surface area contributed by atoms with E-state index >= 15 is 0 Å². The van der Waals surface area contributed by atoms with Gasteiger partial charge in [0.2, 0.25) is 17.8 Å². The molecule has 30 heavy (non-hydrogen) atoms. The third-order valence-electron chi connectivity index (χ3n) is 5.08. The molecule has 3 rings (SSSR count). The molecule has 8 heteroatoms. The Balaban J connectivity index is 1.44. The molecule has 0 radical (unpaired) electrons. The van der Waals surface area contributed by atoms with Crippen LogP contribution in [-0.4, -0.2) is 47.5 Å². The van der Waals surface area contributed by atoms with Crippen molar-refractivity contribution in [2.75, 3.05) is 29.4 Å². The van der Waals surface area contributed by atoms with Crippen molar-refractivity contribution in [3.63, 3.8) is 0 Å². The topological polar surface area (TPSA) is 102 Å². The summed E-state index contributed by atoms with van der Waals surface area (Å²) in [5.41, 5.74) is 0.744. The summed E-state index contributed by atoms with van der Waals surface area (Å²) in [5.74, 6) is 0.444. The van der Waals surface area contributed by atoms with Crippen molar-refractivity contribution in [2.24, 2.45) is 0 Å². The van der Waals surface area contributed by atoms with Crippen molar-refractivity contribution >= 4 is 23.5 Å². The van der Waals surface area contributed by atoms with E-state index in [-0.39, 0.29) is 37.1 Å². The van der Waals surface area contributed by atoms with Gasteiger partial charge in [0.05, 0.1) is 12.5 Å². The summed E-state index contributed by atoms with van der Waals surface area (Å²) in [5, 5.41) is 11.9. The first-order valence-electron chi connectivity index (χ1n) is 10.2. The van der Waals surface area contributed by atoms with Gasteiger partial charge in [-0.25, -0.2) is 9.97 Å². The number of nitrogens with one attached hydrogen (secondary N) is 1. The number of carbonyl (C=O) groups is 2. The number of carbonyl (C=O) groups excluding carboxylic acids is 2. The van der Waals surface area contributed by atoms with Crippen LogP contribution in [0.1, 0.15) is 32.1 Å². The SMILES string of the molecule is N#CCCN(C(=O)CCC(=O)NC1CCN(c2ncccn2)CC1)c1ccccc1. The Kier molecular flexibility index (Phi) is 7.72. The van der Waals surface area contributed by atoms with Crippen LogP contribution in [0, 0.1) is 11.3 Å². The summed E-state index contributed by atoms with van der Waals surface area (Å²) in [6, 6.07) is 13.2. The number of anilines is 2. The van der Waals surface area contributed by atoms with Crippen LogP contribution in [0.4, 0.5) is 11.6 Å². The largest absolute Gasteiger partial charge is 0.353 e. The molecule has 0 bridgehead atoms. The van der Waals surface area contributed by atoms with Crippen LogP contribution >= 0.6 is 0 Å². The van der Waals surface area contributed by atoms with Gasteiger partial charge in [-0.3, -0.25) is 9.59 Å². The monoisotopic (exact) mass is 406 g/mol. The summed E-state index contributed by atoms with van der Waals surface area (Å²) in [4.78, 5) is 37.2. The Hall–Kier alpha value is -3.47. The fraction of sp³-hybridized carbons (Fsp3) is 0.409.